The minimum atomic E-state index is -0.150. The normalized spacial score (nSPS) is 17.6. The maximum absolute atomic E-state index is 6.46. The molecular formula is C27H24BrN3O2S. The highest BCUT2D eigenvalue weighted by molar-refractivity contribution is 9.10. The predicted octanol–water partition coefficient (Wildman–Crippen LogP) is 6.59. The van der Waals surface area contributed by atoms with Gasteiger partial charge in [-0.05, 0) is 78.8 Å². The summed E-state index contributed by atoms with van der Waals surface area (Å²) in [5, 5.41) is 4.15. The summed E-state index contributed by atoms with van der Waals surface area (Å²) >= 11 is 9.47. The number of nitrogens with zero attached hydrogens (tertiary/aromatic N) is 2. The number of pyridine rings is 1. The standard InChI is InChI=1S/C27H24BrN3O2S/c1-17-6-11-20(21(28)15-17)23-12-13-24(33-23)26-25(22-5-3-4-14-29-22)30-27(34)31(26)16-18-7-9-19(32-2)10-8-18/h3-15,25-26H,16H2,1-2H3,(H,30,34)/t25-,26-/m0/s1. The fraction of sp³-hybridized carbons (Fsp3) is 0.185. The van der Waals surface area contributed by atoms with E-state index in [9.17, 15) is 0 Å². The van der Waals surface area contributed by atoms with Crippen LogP contribution >= 0.6 is 28.1 Å². The first-order chi connectivity index (χ1) is 16.5. The molecule has 1 aliphatic heterocycles. The van der Waals surface area contributed by atoms with Crippen molar-refractivity contribution in [3.63, 3.8) is 0 Å². The summed E-state index contributed by atoms with van der Waals surface area (Å²) in [5.74, 6) is 2.47. The van der Waals surface area contributed by atoms with Gasteiger partial charge in [0, 0.05) is 22.8 Å². The number of halogens is 1. The number of thiocarbonyl (C=S) groups is 1. The van der Waals surface area contributed by atoms with Gasteiger partial charge in [-0.2, -0.15) is 0 Å². The van der Waals surface area contributed by atoms with Crippen LogP contribution in [0.3, 0.4) is 0 Å². The summed E-state index contributed by atoms with van der Waals surface area (Å²) in [6.07, 6.45) is 1.81. The lowest BCUT2D eigenvalue weighted by Crippen LogP contribution is -2.29. The van der Waals surface area contributed by atoms with Gasteiger partial charge in [-0.15, -0.1) is 0 Å². The summed E-state index contributed by atoms with van der Waals surface area (Å²) in [7, 11) is 1.67. The Hall–Kier alpha value is -3.16. The molecule has 172 valence electrons. The molecule has 1 N–H and O–H groups in total. The van der Waals surface area contributed by atoms with Crippen LogP contribution in [0, 0.1) is 6.92 Å². The molecular weight excluding hydrogens is 510 g/mol. The van der Waals surface area contributed by atoms with E-state index in [-0.39, 0.29) is 12.1 Å². The van der Waals surface area contributed by atoms with Gasteiger partial charge in [-0.25, -0.2) is 0 Å². The SMILES string of the molecule is COc1ccc(CN2C(=S)N[C@@H](c3ccccn3)[C@@H]2c2ccc(-c3ccc(C)cc3Br)o2)cc1. The molecule has 0 bridgehead atoms. The highest BCUT2D eigenvalue weighted by Gasteiger charge is 2.41. The van der Waals surface area contributed by atoms with E-state index < -0.39 is 0 Å². The zero-order valence-corrected chi connectivity index (χ0v) is 21.3. The van der Waals surface area contributed by atoms with E-state index in [4.69, 9.17) is 21.4 Å². The largest absolute Gasteiger partial charge is 0.497 e. The van der Waals surface area contributed by atoms with Crippen molar-refractivity contribution in [2.24, 2.45) is 0 Å². The number of rotatable bonds is 6. The number of aromatic nitrogens is 1. The lowest BCUT2D eigenvalue weighted by molar-refractivity contribution is 0.269. The molecule has 0 aliphatic carbocycles. The molecule has 7 heteroatoms. The van der Waals surface area contributed by atoms with Gasteiger partial charge < -0.3 is 19.4 Å². The van der Waals surface area contributed by atoms with Gasteiger partial charge in [0.15, 0.2) is 5.11 Å². The molecule has 2 aromatic heterocycles. The third kappa shape index (κ3) is 4.45. The van der Waals surface area contributed by atoms with E-state index >= 15 is 0 Å². The number of ether oxygens (including phenoxy) is 1. The van der Waals surface area contributed by atoms with E-state index in [2.05, 4.69) is 68.4 Å². The summed E-state index contributed by atoms with van der Waals surface area (Å²) in [6, 6.07) is 24.0. The summed E-state index contributed by atoms with van der Waals surface area (Å²) in [5.41, 5.74) is 4.25. The molecule has 1 saturated heterocycles. The van der Waals surface area contributed by atoms with Gasteiger partial charge in [-0.3, -0.25) is 4.98 Å². The minimum Gasteiger partial charge on any atom is -0.497 e. The topological polar surface area (TPSA) is 50.5 Å². The Morgan fingerprint density at radius 3 is 2.62 bits per heavy atom. The number of methoxy groups -OCH3 is 1. The fourth-order valence-electron chi connectivity index (χ4n) is 4.29. The first-order valence-corrected chi connectivity index (χ1v) is 12.2. The molecule has 0 amide bonds. The molecule has 5 nitrogen and oxygen atoms in total. The van der Waals surface area contributed by atoms with Gasteiger partial charge in [-0.1, -0.05) is 40.2 Å². The van der Waals surface area contributed by atoms with Gasteiger partial charge >= 0.3 is 0 Å². The average Bonchev–Trinajstić information content (AvgIpc) is 3.45. The molecule has 1 aliphatic rings. The number of nitrogens with one attached hydrogen (secondary N) is 1. The van der Waals surface area contributed by atoms with Crippen molar-refractivity contribution in [3.05, 3.63) is 106 Å². The summed E-state index contributed by atoms with van der Waals surface area (Å²) in [4.78, 5) is 6.78. The first-order valence-electron chi connectivity index (χ1n) is 11.0. The maximum atomic E-state index is 6.46. The average molecular weight is 534 g/mol. The molecule has 0 saturated carbocycles. The van der Waals surface area contributed by atoms with Crippen molar-refractivity contribution >= 4 is 33.3 Å². The number of furan rings is 1. The van der Waals surface area contributed by atoms with Crippen molar-refractivity contribution in [3.8, 4) is 17.1 Å². The Morgan fingerprint density at radius 2 is 1.91 bits per heavy atom. The molecule has 34 heavy (non-hydrogen) atoms. The van der Waals surface area contributed by atoms with Crippen LogP contribution in [0.25, 0.3) is 11.3 Å². The molecule has 5 rings (SSSR count). The zero-order chi connectivity index (χ0) is 23.7. The molecule has 4 aromatic rings. The number of hydrogen-bond donors (Lipinski definition) is 1. The van der Waals surface area contributed by atoms with Crippen LogP contribution in [0.2, 0.25) is 0 Å². The molecule has 0 radical (unpaired) electrons. The molecule has 1 fully saturated rings. The second kappa shape index (κ2) is 9.60. The van der Waals surface area contributed by atoms with Crippen LogP contribution in [0.1, 0.15) is 34.7 Å². The van der Waals surface area contributed by atoms with Crippen LogP contribution in [-0.4, -0.2) is 22.1 Å². The lowest BCUT2D eigenvalue weighted by atomic mass is 10.0. The third-order valence-electron chi connectivity index (χ3n) is 6.02. The Bertz CT molecular complexity index is 1310. The fourth-order valence-corrected chi connectivity index (χ4v) is 5.28. The molecule has 2 atom stereocenters. The quantitative estimate of drug-likeness (QED) is 0.282. The van der Waals surface area contributed by atoms with Gasteiger partial charge in [0.25, 0.3) is 0 Å². The number of aryl methyl sites for hydroxylation is 1. The Kier molecular flexibility index (Phi) is 6.39. The highest BCUT2D eigenvalue weighted by atomic mass is 79.9. The number of hydrogen-bond acceptors (Lipinski definition) is 4. The van der Waals surface area contributed by atoms with E-state index in [0.29, 0.717) is 11.7 Å². The Morgan fingerprint density at radius 1 is 1.09 bits per heavy atom. The predicted molar refractivity (Wildman–Crippen MR) is 141 cm³/mol. The lowest BCUT2D eigenvalue weighted by Gasteiger charge is -2.26. The third-order valence-corrected chi connectivity index (χ3v) is 7.03. The van der Waals surface area contributed by atoms with E-state index in [1.807, 2.05) is 42.5 Å². The second-order valence-corrected chi connectivity index (χ2v) is 9.53. The highest BCUT2D eigenvalue weighted by Crippen LogP contribution is 2.42. The summed E-state index contributed by atoms with van der Waals surface area (Å²) in [6.45, 7) is 2.70. The summed E-state index contributed by atoms with van der Waals surface area (Å²) < 4.78 is 12.8. The molecule has 0 unspecified atom stereocenters. The van der Waals surface area contributed by atoms with E-state index in [1.54, 1.807) is 13.3 Å². The second-order valence-electron chi connectivity index (χ2n) is 8.29. The minimum absolute atomic E-state index is 0.132. The van der Waals surface area contributed by atoms with Crippen LogP contribution in [0.15, 0.2) is 87.9 Å². The monoisotopic (exact) mass is 533 g/mol. The maximum Gasteiger partial charge on any atom is 0.170 e. The van der Waals surface area contributed by atoms with Crippen molar-refractivity contribution in [1.29, 1.82) is 0 Å². The Labute approximate surface area is 212 Å². The van der Waals surface area contributed by atoms with Gasteiger partial charge in [0.1, 0.15) is 23.3 Å². The van der Waals surface area contributed by atoms with Crippen LogP contribution < -0.4 is 10.1 Å². The van der Waals surface area contributed by atoms with Crippen molar-refractivity contribution < 1.29 is 9.15 Å². The first kappa shape index (κ1) is 22.6. The van der Waals surface area contributed by atoms with Gasteiger partial charge in [0.05, 0.1) is 18.8 Å². The smallest absolute Gasteiger partial charge is 0.170 e. The zero-order valence-electron chi connectivity index (χ0n) is 18.9. The van der Waals surface area contributed by atoms with Crippen LogP contribution in [-0.2, 0) is 6.54 Å². The number of benzene rings is 2. The van der Waals surface area contributed by atoms with Crippen molar-refractivity contribution in [1.82, 2.24) is 15.2 Å². The molecule has 2 aromatic carbocycles. The molecule has 0 spiro atoms. The Balaban J connectivity index is 1.52. The van der Waals surface area contributed by atoms with Crippen LogP contribution in [0.5, 0.6) is 5.75 Å². The van der Waals surface area contributed by atoms with Crippen molar-refractivity contribution in [2.45, 2.75) is 25.6 Å². The van der Waals surface area contributed by atoms with Gasteiger partial charge in [0.2, 0.25) is 0 Å². The van der Waals surface area contributed by atoms with E-state index in [0.717, 1.165) is 38.6 Å². The van der Waals surface area contributed by atoms with Crippen molar-refractivity contribution in [2.75, 3.05) is 7.11 Å². The van der Waals surface area contributed by atoms with E-state index in [1.165, 1.54) is 5.56 Å². The van der Waals surface area contributed by atoms with Crippen LogP contribution in [0.4, 0.5) is 0 Å². The molecule has 3 heterocycles.